The van der Waals surface area contributed by atoms with Crippen LogP contribution in [-0.2, 0) is 0 Å². The van der Waals surface area contributed by atoms with E-state index in [9.17, 15) is 35.5 Å². The Hall–Kier alpha value is -1.45. The van der Waals surface area contributed by atoms with E-state index in [0.29, 0.717) is 0 Å². The number of hydrogen-bond donors (Lipinski definition) is 1. The largest absolute Gasteiger partial charge is 0.477 e. The fraction of sp³-hybridized carbons (Fsp3) is 0.125. The Balaban J connectivity index is 3.54. The minimum absolute atomic E-state index is 1.42. The first-order valence-corrected chi connectivity index (χ1v) is 4.73. The Morgan fingerprint density at radius 1 is 0.944 bits per heavy atom. The van der Waals surface area contributed by atoms with Gasteiger partial charge in [0.2, 0.25) is 0 Å². The predicted molar refractivity (Wildman–Crippen MR) is 45.1 cm³/mol. The summed E-state index contributed by atoms with van der Waals surface area (Å²) in [7, 11) is 0. The Morgan fingerprint density at radius 2 is 1.33 bits per heavy atom. The fourth-order valence-corrected chi connectivity index (χ4v) is 1.59. The number of hydrogen-bond acceptors (Lipinski definition) is 2. The first-order valence-electron chi connectivity index (χ1n) is 3.91. The lowest BCUT2D eigenvalue weighted by Crippen LogP contribution is -2.12. The van der Waals surface area contributed by atoms with Crippen LogP contribution < -0.4 is 0 Å². The van der Waals surface area contributed by atoms with Crippen LogP contribution in [0, 0.1) is 23.3 Å². The molecule has 0 aliphatic rings. The SMILES string of the molecule is O=C(O)c1c(F)c(F)c(SC(F)(F)F)c(F)c1F. The third kappa shape index (κ3) is 2.68. The topological polar surface area (TPSA) is 37.3 Å². The number of aromatic carboxylic acids is 1. The van der Waals surface area contributed by atoms with Gasteiger partial charge in [-0.2, -0.15) is 13.2 Å². The Morgan fingerprint density at radius 3 is 1.61 bits per heavy atom. The highest BCUT2D eigenvalue weighted by atomic mass is 32.2. The van der Waals surface area contributed by atoms with Crippen molar-refractivity contribution in [3.05, 3.63) is 28.8 Å². The third-order valence-electron chi connectivity index (χ3n) is 1.65. The lowest BCUT2D eigenvalue weighted by Gasteiger charge is -2.10. The van der Waals surface area contributed by atoms with E-state index >= 15 is 0 Å². The second kappa shape index (κ2) is 4.67. The van der Waals surface area contributed by atoms with Gasteiger partial charge in [0.25, 0.3) is 0 Å². The van der Waals surface area contributed by atoms with Crippen LogP contribution in [0.15, 0.2) is 4.90 Å². The molecule has 18 heavy (non-hydrogen) atoms. The molecule has 0 saturated carbocycles. The number of carbonyl (C=O) groups is 1. The highest BCUT2D eigenvalue weighted by molar-refractivity contribution is 8.00. The van der Waals surface area contributed by atoms with Gasteiger partial charge in [-0.05, 0) is 11.8 Å². The van der Waals surface area contributed by atoms with Gasteiger partial charge in [-0.25, -0.2) is 22.4 Å². The number of halogens is 7. The fourth-order valence-electron chi connectivity index (χ4n) is 1.00. The highest BCUT2D eigenvalue weighted by Gasteiger charge is 2.37. The summed E-state index contributed by atoms with van der Waals surface area (Å²) >= 11 is -1.42. The number of thioether (sulfide) groups is 1. The highest BCUT2D eigenvalue weighted by Crippen LogP contribution is 2.41. The molecular formula is C8HF7O2S. The second-order valence-corrected chi connectivity index (χ2v) is 3.89. The van der Waals surface area contributed by atoms with Crippen molar-refractivity contribution < 1.29 is 40.6 Å². The summed E-state index contributed by atoms with van der Waals surface area (Å²) in [5.74, 6) is -11.9. The second-order valence-electron chi connectivity index (χ2n) is 2.81. The molecule has 0 unspecified atom stereocenters. The van der Waals surface area contributed by atoms with E-state index in [1.54, 1.807) is 0 Å². The molecule has 0 saturated heterocycles. The third-order valence-corrected chi connectivity index (χ3v) is 2.45. The number of carboxylic acids is 1. The molecule has 0 fully saturated rings. The van der Waals surface area contributed by atoms with Crippen LogP contribution in [0.2, 0.25) is 0 Å². The molecule has 0 amide bonds. The van der Waals surface area contributed by atoms with Crippen LogP contribution in [-0.4, -0.2) is 16.6 Å². The van der Waals surface area contributed by atoms with Gasteiger partial charge in [0.15, 0.2) is 23.3 Å². The van der Waals surface area contributed by atoms with Crippen molar-refractivity contribution in [2.75, 3.05) is 0 Å². The molecule has 100 valence electrons. The predicted octanol–water partition coefficient (Wildman–Crippen LogP) is 3.55. The monoisotopic (exact) mass is 294 g/mol. The summed E-state index contributed by atoms with van der Waals surface area (Å²) in [6.45, 7) is 0. The lowest BCUT2D eigenvalue weighted by molar-refractivity contribution is -0.0331. The molecule has 1 N–H and O–H groups in total. The van der Waals surface area contributed by atoms with E-state index in [-0.39, 0.29) is 0 Å². The average Bonchev–Trinajstić information content (AvgIpc) is 2.20. The van der Waals surface area contributed by atoms with Crippen molar-refractivity contribution in [3.63, 3.8) is 0 Å². The standard InChI is InChI=1S/C8HF7O2S/c9-2-1(7(16)17)3(10)5(12)6(4(2)11)18-8(13,14)15/h(H,16,17). The van der Waals surface area contributed by atoms with Crippen LogP contribution in [0.3, 0.4) is 0 Å². The molecule has 2 nitrogen and oxygen atoms in total. The van der Waals surface area contributed by atoms with Crippen molar-refractivity contribution in [1.29, 1.82) is 0 Å². The molecule has 10 heteroatoms. The summed E-state index contributed by atoms with van der Waals surface area (Å²) < 4.78 is 87.7. The van der Waals surface area contributed by atoms with E-state index < -0.39 is 57.0 Å². The zero-order valence-electron chi connectivity index (χ0n) is 7.91. The summed E-state index contributed by atoms with van der Waals surface area (Å²) in [5, 5.41) is 8.28. The first kappa shape index (κ1) is 14.6. The average molecular weight is 294 g/mol. The maximum atomic E-state index is 13.0. The Kier molecular flexibility index (Phi) is 3.79. The van der Waals surface area contributed by atoms with Crippen LogP contribution in [0.4, 0.5) is 30.7 Å². The lowest BCUT2D eigenvalue weighted by atomic mass is 10.2. The molecule has 0 spiro atoms. The number of rotatable bonds is 2. The molecule has 1 rings (SSSR count). The zero-order valence-corrected chi connectivity index (χ0v) is 8.73. The van der Waals surface area contributed by atoms with Crippen molar-refractivity contribution in [2.24, 2.45) is 0 Å². The quantitative estimate of drug-likeness (QED) is 0.515. The molecule has 0 bridgehead atoms. The van der Waals surface area contributed by atoms with Gasteiger partial charge in [-0.15, -0.1) is 0 Å². The molecule has 0 radical (unpaired) electrons. The molecule has 0 aliphatic heterocycles. The molecule has 0 heterocycles. The van der Waals surface area contributed by atoms with Crippen molar-refractivity contribution >= 4 is 17.7 Å². The van der Waals surface area contributed by atoms with E-state index in [0.717, 1.165) is 0 Å². The van der Waals surface area contributed by atoms with Gasteiger partial charge in [-0.3, -0.25) is 0 Å². The number of carboxylic acid groups (broad SMARTS) is 1. The number of alkyl halides is 3. The summed E-state index contributed by atoms with van der Waals surface area (Å²) in [5.41, 5.74) is -7.18. The van der Waals surface area contributed by atoms with Gasteiger partial charge in [0.1, 0.15) is 5.56 Å². The molecule has 1 aromatic carbocycles. The van der Waals surface area contributed by atoms with Gasteiger partial charge >= 0.3 is 11.5 Å². The van der Waals surface area contributed by atoms with Gasteiger partial charge in [-0.1, -0.05) is 0 Å². The van der Waals surface area contributed by atoms with E-state index in [1.165, 1.54) is 0 Å². The minimum Gasteiger partial charge on any atom is -0.477 e. The molecule has 1 aromatic rings. The smallest absolute Gasteiger partial charge is 0.446 e. The summed E-state index contributed by atoms with van der Waals surface area (Å²) in [4.78, 5) is 8.32. The Bertz CT molecular complexity index is 482. The Labute approximate surface area is 98.4 Å². The van der Waals surface area contributed by atoms with Crippen LogP contribution in [0.25, 0.3) is 0 Å². The van der Waals surface area contributed by atoms with Crippen molar-refractivity contribution in [2.45, 2.75) is 10.4 Å². The summed E-state index contributed by atoms with van der Waals surface area (Å²) in [6, 6.07) is 0. The minimum atomic E-state index is -5.19. The van der Waals surface area contributed by atoms with Crippen LogP contribution >= 0.6 is 11.8 Å². The maximum absolute atomic E-state index is 13.0. The van der Waals surface area contributed by atoms with E-state index in [1.807, 2.05) is 0 Å². The maximum Gasteiger partial charge on any atom is 0.446 e. The summed E-state index contributed by atoms with van der Waals surface area (Å²) in [6.07, 6.45) is 0. The van der Waals surface area contributed by atoms with Crippen molar-refractivity contribution in [1.82, 2.24) is 0 Å². The van der Waals surface area contributed by atoms with Gasteiger partial charge < -0.3 is 5.11 Å². The molecular weight excluding hydrogens is 293 g/mol. The van der Waals surface area contributed by atoms with Gasteiger partial charge in [0, 0.05) is 0 Å². The van der Waals surface area contributed by atoms with Crippen molar-refractivity contribution in [3.8, 4) is 0 Å². The molecule has 0 atom stereocenters. The first-order chi connectivity index (χ1) is 8.06. The van der Waals surface area contributed by atoms with Gasteiger partial charge in [0.05, 0.1) is 4.90 Å². The number of benzene rings is 1. The normalized spacial score (nSPS) is 11.7. The van der Waals surface area contributed by atoms with Crippen LogP contribution in [0.1, 0.15) is 10.4 Å². The van der Waals surface area contributed by atoms with Crippen LogP contribution in [0.5, 0.6) is 0 Å². The molecule has 0 aliphatic carbocycles. The van der Waals surface area contributed by atoms with E-state index in [4.69, 9.17) is 5.11 Å². The zero-order chi connectivity index (χ0) is 14.2. The van der Waals surface area contributed by atoms with E-state index in [2.05, 4.69) is 0 Å². The molecule has 0 aromatic heterocycles.